The number of hydrogen-bond acceptors (Lipinski definition) is 3. The molecule has 0 aliphatic rings. The fourth-order valence-corrected chi connectivity index (χ4v) is 1.71. The van der Waals surface area contributed by atoms with Crippen LogP contribution in [0.15, 0.2) is 18.2 Å². The summed E-state index contributed by atoms with van der Waals surface area (Å²) in [5.41, 5.74) is 6.23. The predicted octanol–water partition coefficient (Wildman–Crippen LogP) is 2.54. The molecule has 0 unspecified atom stereocenters. The van der Waals surface area contributed by atoms with Crippen molar-refractivity contribution in [1.82, 2.24) is 0 Å². The average Bonchev–Trinajstić information content (AvgIpc) is 2.32. The van der Waals surface area contributed by atoms with Crippen molar-refractivity contribution < 1.29 is 13.9 Å². The highest BCUT2D eigenvalue weighted by Crippen LogP contribution is 2.25. The molecule has 0 bridgehead atoms. The third kappa shape index (κ3) is 4.87. The van der Waals surface area contributed by atoms with Crippen molar-refractivity contribution in [3.8, 4) is 5.75 Å². The molecule has 0 heterocycles. The number of benzene rings is 1. The van der Waals surface area contributed by atoms with Gasteiger partial charge in [0.2, 0.25) is 5.91 Å². The second kappa shape index (κ2) is 7.09. The smallest absolute Gasteiger partial charge is 0.241 e. The lowest BCUT2D eigenvalue weighted by atomic mass is 10.0. The van der Waals surface area contributed by atoms with Crippen LogP contribution < -0.4 is 15.8 Å². The molecule has 0 fully saturated rings. The van der Waals surface area contributed by atoms with Gasteiger partial charge in [-0.2, -0.15) is 0 Å². The van der Waals surface area contributed by atoms with E-state index < -0.39 is 11.9 Å². The van der Waals surface area contributed by atoms with Gasteiger partial charge in [-0.3, -0.25) is 4.79 Å². The summed E-state index contributed by atoms with van der Waals surface area (Å²) in [7, 11) is 0. The van der Waals surface area contributed by atoms with Gasteiger partial charge in [0, 0.05) is 6.07 Å². The van der Waals surface area contributed by atoms with Crippen molar-refractivity contribution in [3.63, 3.8) is 0 Å². The van der Waals surface area contributed by atoms with Crippen LogP contribution in [-0.4, -0.2) is 18.6 Å². The molecule has 0 aromatic heterocycles. The van der Waals surface area contributed by atoms with Gasteiger partial charge < -0.3 is 15.8 Å². The minimum Gasteiger partial charge on any atom is -0.492 e. The first-order valence-corrected chi connectivity index (χ1v) is 6.42. The summed E-state index contributed by atoms with van der Waals surface area (Å²) in [4.78, 5) is 11.9. The summed E-state index contributed by atoms with van der Waals surface area (Å²) in [5.74, 6) is -0.0536. The number of nitrogens with one attached hydrogen (secondary N) is 1. The molecule has 1 aromatic rings. The van der Waals surface area contributed by atoms with E-state index in [1.165, 1.54) is 18.2 Å². The van der Waals surface area contributed by atoms with E-state index >= 15 is 0 Å². The first kappa shape index (κ1) is 15.4. The number of carbonyl (C=O) groups is 1. The van der Waals surface area contributed by atoms with Crippen LogP contribution in [0, 0.1) is 11.7 Å². The Balaban J connectivity index is 2.78. The maximum Gasteiger partial charge on any atom is 0.241 e. The van der Waals surface area contributed by atoms with Crippen molar-refractivity contribution in [1.29, 1.82) is 0 Å². The van der Waals surface area contributed by atoms with Gasteiger partial charge in [-0.15, -0.1) is 0 Å². The van der Waals surface area contributed by atoms with E-state index in [-0.39, 0.29) is 5.91 Å². The molecular formula is C14H21FN2O2. The molecule has 3 N–H and O–H groups in total. The number of hydrogen-bond donors (Lipinski definition) is 2. The summed E-state index contributed by atoms with van der Waals surface area (Å²) in [6, 6.07) is 3.40. The van der Waals surface area contributed by atoms with E-state index in [2.05, 4.69) is 5.32 Å². The summed E-state index contributed by atoms with van der Waals surface area (Å²) in [6.07, 6.45) is 0.594. The largest absolute Gasteiger partial charge is 0.492 e. The normalized spacial score (nSPS) is 12.3. The Labute approximate surface area is 113 Å². The van der Waals surface area contributed by atoms with Crippen LogP contribution in [0.2, 0.25) is 0 Å². The van der Waals surface area contributed by atoms with Crippen LogP contribution in [0.3, 0.4) is 0 Å². The fourth-order valence-electron chi connectivity index (χ4n) is 1.71. The van der Waals surface area contributed by atoms with Gasteiger partial charge in [-0.25, -0.2) is 4.39 Å². The summed E-state index contributed by atoms with van der Waals surface area (Å²) < 4.78 is 18.4. The molecule has 106 valence electrons. The van der Waals surface area contributed by atoms with Crippen LogP contribution >= 0.6 is 0 Å². The lowest BCUT2D eigenvalue weighted by molar-refractivity contribution is -0.117. The molecule has 0 saturated carbocycles. The monoisotopic (exact) mass is 268 g/mol. The molecule has 5 heteroatoms. The van der Waals surface area contributed by atoms with E-state index in [1.54, 1.807) is 6.92 Å². The molecular weight excluding hydrogens is 247 g/mol. The number of anilines is 1. The van der Waals surface area contributed by atoms with Crippen LogP contribution in [0.5, 0.6) is 5.75 Å². The Morgan fingerprint density at radius 3 is 2.74 bits per heavy atom. The second-order valence-electron chi connectivity index (χ2n) is 4.80. The quantitative estimate of drug-likeness (QED) is 0.833. The van der Waals surface area contributed by atoms with Crippen molar-refractivity contribution in [2.45, 2.75) is 33.2 Å². The molecule has 0 saturated heterocycles. The Bertz CT molecular complexity index is 435. The Kier molecular flexibility index (Phi) is 5.76. The zero-order chi connectivity index (χ0) is 14.4. The lowest BCUT2D eigenvalue weighted by Gasteiger charge is -2.16. The number of ether oxygens (including phenoxy) is 1. The summed E-state index contributed by atoms with van der Waals surface area (Å²) >= 11 is 0. The summed E-state index contributed by atoms with van der Waals surface area (Å²) in [6.45, 7) is 6.18. The molecule has 0 spiro atoms. The van der Waals surface area contributed by atoms with Crippen LogP contribution in [-0.2, 0) is 4.79 Å². The van der Waals surface area contributed by atoms with E-state index in [4.69, 9.17) is 10.5 Å². The van der Waals surface area contributed by atoms with Gasteiger partial charge in [0.25, 0.3) is 0 Å². The van der Waals surface area contributed by atoms with Gasteiger partial charge in [-0.1, -0.05) is 13.8 Å². The molecule has 1 amide bonds. The average molecular weight is 268 g/mol. The van der Waals surface area contributed by atoms with Gasteiger partial charge in [-0.05, 0) is 31.4 Å². The highest BCUT2D eigenvalue weighted by atomic mass is 19.1. The first-order valence-electron chi connectivity index (χ1n) is 6.42. The maximum atomic E-state index is 13.1. The number of halogens is 1. The van der Waals surface area contributed by atoms with E-state index in [0.29, 0.717) is 30.4 Å². The van der Waals surface area contributed by atoms with Crippen molar-refractivity contribution >= 4 is 11.6 Å². The van der Waals surface area contributed by atoms with E-state index in [1.807, 2.05) is 13.8 Å². The SMILES string of the molecule is CCOc1cc(F)ccc1NC(=O)[C@H](N)CC(C)C. The zero-order valence-electron chi connectivity index (χ0n) is 11.6. The molecule has 0 radical (unpaired) electrons. The predicted molar refractivity (Wildman–Crippen MR) is 73.6 cm³/mol. The van der Waals surface area contributed by atoms with Crippen LogP contribution in [0.25, 0.3) is 0 Å². The molecule has 1 aromatic carbocycles. The molecule has 1 rings (SSSR count). The van der Waals surface area contributed by atoms with E-state index in [9.17, 15) is 9.18 Å². The zero-order valence-corrected chi connectivity index (χ0v) is 11.6. The minimum atomic E-state index is -0.584. The molecule has 1 atom stereocenters. The van der Waals surface area contributed by atoms with E-state index in [0.717, 1.165) is 0 Å². The molecule has 0 aliphatic carbocycles. The van der Waals surface area contributed by atoms with Crippen molar-refractivity contribution in [2.24, 2.45) is 11.7 Å². The van der Waals surface area contributed by atoms with Gasteiger partial charge in [0.15, 0.2) is 0 Å². The number of carbonyl (C=O) groups excluding carboxylic acids is 1. The third-order valence-electron chi connectivity index (χ3n) is 2.56. The minimum absolute atomic E-state index is 0.290. The van der Waals surface area contributed by atoms with Gasteiger partial charge in [0.05, 0.1) is 18.3 Å². The van der Waals surface area contributed by atoms with Crippen molar-refractivity contribution in [2.75, 3.05) is 11.9 Å². The topological polar surface area (TPSA) is 64.3 Å². The number of amides is 1. The fraction of sp³-hybridized carbons (Fsp3) is 0.500. The Morgan fingerprint density at radius 1 is 1.47 bits per heavy atom. The molecule has 4 nitrogen and oxygen atoms in total. The Hall–Kier alpha value is -1.62. The molecule has 19 heavy (non-hydrogen) atoms. The van der Waals surface area contributed by atoms with Crippen molar-refractivity contribution in [3.05, 3.63) is 24.0 Å². The number of rotatable bonds is 6. The highest BCUT2D eigenvalue weighted by molar-refractivity contribution is 5.95. The maximum absolute atomic E-state index is 13.1. The van der Waals surface area contributed by atoms with Crippen LogP contribution in [0.4, 0.5) is 10.1 Å². The first-order chi connectivity index (χ1) is 8.93. The standard InChI is InChI=1S/C14H21FN2O2/c1-4-19-13-8-10(15)5-6-12(13)17-14(18)11(16)7-9(2)3/h5-6,8-9,11H,4,7,16H2,1-3H3,(H,17,18)/t11-/m1/s1. The highest BCUT2D eigenvalue weighted by Gasteiger charge is 2.17. The summed E-state index contributed by atoms with van der Waals surface area (Å²) in [5, 5.41) is 2.67. The lowest BCUT2D eigenvalue weighted by Crippen LogP contribution is -2.36. The van der Waals surface area contributed by atoms with Gasteiger partial charge in [0.1, 0.15) is 11.6 Å². The van der Waals surface area contributed by atoms with Gasteiger partial charge >= 0.3 is 0 Å². The second-order valence-corrected chi connectivity index (χ2v) is 4.80. The van der Waals surface area contributed by atoms with Crippen LogP contribution in [0.1, 0.15) is 27.2 Å². The number of nitrogens with two attached hydrogens (primary N) is 1. The Morgan fingerprint density at radius 2 is 2.16 bits per heavy atom. The molecule has 0 aliphatic heterocycles. The third-order valence-corrected chi connectivity index (χ3v) is 2.56.